The molecule has 0 aliphatic heterocycles. The van der Waals surface area contributed by atoms with E-state index in [1.807, 2.05) is 0 Å². The van der Waals surface area contributed by atoms with E-state index < -0.39 is 26.6 Å². The summed E-state index contributed by atoms with van der Waals surface area (Å²) in [6, 6.07) is 2.33. The van der Waals surface area contributed by atoms with Gasteiger partial charge < -0.3 is 10.2 Å². The monoisotopic (exact) mass is 355 g/mol. The van der Waals surface area contributed by atoms with E-state index in [1.165, 1.54) is 6.07 Å². The number of hydrogen-bond acceptors (Lipinski definition) is 4. The zero-order valence-electron chi connectivity index (χ0n) is 11.2. The van der Waals surface area contributed by atoms with Crippen LogP contribution in [-0.2, 0) is 10.0 Å². The van der Waals surface area contributed by atoms with Crippen LogP contribution < -0.4 is 0 Å². The normalized spacial score (nSPS) is 11.9. The standard InChI is InChI=1S/C12H15Cl2NO5S/c1-2-5-15(6-7-16)21(19,20)9-4-3-8(13)10(11(9)14)12(17)18/h3-4,16H,2,5-7H2,1H3,(H,17,18). The number of rotatable bonds is 7. The number of halogens is 2. The Labute approximate surface area is 132 Å². The van der Waals surface area contributed by atoms with E-state index in [4.69, 9.17) is 33.4 Å². The summed E-state index contributed by atoms with van der Waals surface area (Å²) < 4.78 is 26.1. The topological polar surface area (TPSA) is 94.9 Å². The Morgan fingerprint density at radius 2 is 1.90 bits per heavy atom. The summed E-state index contributed by atoms with van der Waals surface area (Å²) in [5, 5.41) is 17.5. The number of carboxylic acid groups (broad SMARTS) is 1. The van der Waals surface area contributed by atoms with Crippen molar-refractivity contribution >= 4 is 39.2 Å². The zero-order valence-corrected chi connectivity index (χ0v) is 13.5. The van der Waals surface area contributed by atoms with Crippen LogP contribution in [0.15, 0.2) is 17.0 Å². The van der Waals surface area contributed by atoms with Gasteiger partial charge in [-0.2, -0.15) is 4.31 Å². The maximum atomic E-state index is 12.5. The van der Waals surface area contributed by atoms with Crippen molar-refractivity contribution in [3.63, 3.8) is 0 Å². The summed E-state index contributed by atoms with van der Waals surface area (Å²) >= 11 is 11.6. The van der Waals surface area contributed by atoms with E-state index in [-0.39, 0.29) is 29.6 Å². The van der Waals surface area contributed by atoms with Crippen LogP contribution >= 0.6 is 23.2 Å². The van der Waals surface area contributed by atoms with Crippen LogP contribution in [0.3, 0.4) is 0 Å². The Morgan fingerprint density at radius 1 is 1.29 bits per heavy atom. The molecule has 9 heteroatoms. The van der Waals surface area contributed by atoms with Gasteiger partial charge in [0.15, 0.2) is 0 Å². The van der Waals surface area contributed by atoms with Gasteiger partial charge in [0, 0.05) is 13.1 Å². The second kappa shape index (κ2) is 7.42. The average molecular weight is 356 g/mol. The SMILES string of the molecule is CCCN(CCO)S(=O)(=O)c1ccc(Cl)c(C(=O)O)c1Cl. The van der Waals surface area contributed by atoms with Crippen molar-refractivity contribution in [2.45, 2.75) is 18.2 Å². The number of benzene rings is 1. The molecule has 0 saturated heterocycles. The molecule has 0 heterocycles. The minimum atomic E-state index is -4.01. The molecule has 0 amide bonds. The molecular weight excluding hydrogens is 341 g/mol. The van der Waals surface area contributed by atoms with Gasteiger partial charge in [0.2, 0.25) is 10.0 Å². The third-order valence-electron chi connectivity index (χ3n) is 2.71. The molecule has 0 bridgehead atoms. The minimum Gasteiger partial charge on any atom is -0.478 e. The Kier molecular flexibility index (Phi) is 6.42. The molecule has 118 valence electrons. The first-order chi connectivity index (χ1) is 9.77. The van der Waals surface area contributed by atoms with Crippen LogP contribution in [-0.4, -0.2) is 48.6 Å². The fraction of sp³-hybridized carbons (Fsp3) is 0.417. The van der Waals surface area contributed by atoms with Crippen molar-refractivity contribution in [1.29, 1.82) is 0 Å². The molecule has 0 aliphatic carbocycles. The Bertz CT molecular complexity index is 627. The predicted octanol–water partition coefficient (Wildman–Crippen LogP) is 2.08. The molecule has 1 aromatic carbocycles. The van der Waals surface area contributed by atoms with Crippen molar-refractivity contribution in [3.05, 3.63) is 27.7 Å². The smallest absolute Gasteiger partial charge is 0.338 e. The molecule has 0 aliphatic rings. The first-order valence-electron chi connectivity index (χ1n) is 6.09. The molecule has 21 heavy (non-hydrogen) atoms. The maximum Gasteiger partial charge on any atom is 0.338 e. The Morgan fingerprint density at radius 3 is 2.38 bits per heavy atom. The zero-order chi connectivity index (χ0) is 16.2. The molecule has 2 N–H and O–H groups in total. The van der Waals surface area contributed by atoms with Gasteiger partial charge in [0.25, 0.3) is 0 Å². The second-order valence-corrected chi connectivity index (χ2v) is 6.86. The van der Waals surface area contributed by atoms with Gasteiger partial charge in [-0.05, 0) is 18.6 Å². The van der Waals surface area contributed by atoms with Gasteiger partial charge in [0.1, 0.15) is 4.90 Å². The maximum absolute atomic E-state index is 12.5. The number of carbonyl (C=O) groups is 1. The molecule has 0 aromatic heterocycles. The number of nitrogens with zero attached hydrogens (tertiary/aromatic N) is 1. The van der Waals surface area contributed by atoms with Crippen molar-refractivity contribution in [3.8, 4) is 0 Å². The van der Waals surface area contributed by atoms with Crippen LogP contribution in [0.25, 0.3) is 0 Å². The van der Waals surface area contributed by atoms with Crippen molar-refractivity contribution < 1.29 is 23.4 Å². The van der Waals surface area contributed by atoms with E-state index in [0.717, 1.165) is 10.4 Å². The first-order valence-corrected chi connectivity index (χ1v) is 8.29. The molecule has 6 nitrogen and oxygen atoms in total. The fourth-order valence-corrected chi connectivity index (χ4v) is 4.20. The molecule has 1 rings (SSSR count). The fourth-order valence-electron chi connectivity index (χ4n) is 1.78. The van der Waals surface area contributed by atoms with E-state index in [9.17, 15) is 13.2 Å². The summed E-state index contributed by atoms with van der Waals surface area (Å²) in [5.41, 5.74) is -0.458. The lowest BCUT2D eigenvalue weighted by molar-refractivity contribution is 0.0697. The quantitative estimate of drug-likeness (QED) is 0.780. The van der Waals surface area contributed by atoms with Gasteiger partial charge in [0.05, 0.1) is 22.2 Å². The molecule has 1 aromatic rings. The predicted molar refractivity (Wildman–Crippen MR) is 79.6 cm³/mol. The van der Waals surface area contributed by atoms with Gasteiger partial charge >= 0.3 is 5.97 Å². The second-order valence-electron chi connectivity index (χ2n) is 4.17. The molecular formula is C12H15Cl2NO5S. The lowest BCUT2D eigenvalue weighted by Gasteiger charge is -2.21. The molecule has 0 atom stereocenters. The van der Waals surface area contributed by atoms with Gasteiger partial charge in [-0.25, -0.2) is 13.2 Å². The lowest BCUT2D eigenvalue weighted by Crippen LogP contribution is -2.34. The summed E-state index contributed by atoms with van der Waals surface area (Å²) in [6.07, 6.45) is 0.538. The van der Waals surface area contributed by atoms with Crippen LogP contribution in [0.1, 0.15) is 23.7 Å². The summed E-state index contributed by atoms with van der Waals surface area (Å²) in [7, 11) is -4.01. The first kappa shape index (κ1) is 18.2. The van der Waals surface area contributed by atoms with E-state index in [1.54, 1.807) is 6.92 Å². The number of sulfonamides is 1. The highest BCUT2D eigenvalue weighted by Gasteiger charge is 2.29. The summed E-state index contributed by atoms with van der Waals surface area (Å²) in [4.78, 5) is 10.8. The molecule has 0 spiro atoms. The molecule has 0 unspecified atom stereocenters. The molecule has 0 fully saturated rings. The van der Waals surface area contributed by atoms with E-state index in [2.05, 4.69) is 0 Å². The lowest BCUT2D eigenvalue weighted by atomic mass is 10.2. The highest BCUT2D eigenvalue weighted by molar-refractivity contribution is 7.89. The highest BCUT2D eigenvalue weighted by atomic mass is 35.5. The third-order valence-corrected chi connectivity index (χ3v) is 5.47. The minimum absolute atomic E-state index is 0.0997. The number of hydrogen-bond donors (Lipinski definition) is 2. The van der Waals surface area contributed by atoms with Crippen LogP contribution in [0.2, 0.25) is 10.0 Å². The number of aromatic carboxylic acids is 1. The van der Waals surface area contributed by atoms with Gasteiger partial charge in [-0.3, -0.25) is 0 Å². The van der Waals surface area contributed by atoms with E-state index >= 15 is 0 Å². The van der Waals surface area contributed by atoms with Crippen molar-refractivity contribution in [1.82, 2.24) is 4.31 Å². The van der Waals surface area contributed by atoms with Crippen molar-refractivity contribution in [2.75, 3.05) is 19.7 Å². The largest absolute Gasteiger partial charge is 0.478 e. The summed E-state index contributed by atoms with van der Waals surface area (Å²) in [6.45, 7) is 1.52. The van der Waals surface area contributed by atoms with Crippen LogP contribution in [0, 0.1) is 0 Å². The molecule has 0 saturated carbocycles. The van der Waals surface area contributed by atoms with E-state index in [0.29, 0.717) is 6.42 Å². The Hall–Kier alpha value is -0.860. The Balaban J connectivity index is 3.44. The van der Waals surface area contributed by atoms with Crippen LogP contribution in [0.4, 0.5) is 0 Å². The van der Waals surface area contributed by atoms with Gasteiger partial charge in [-0.15, -0.1) is 0 Å². The van der Waals surface area contributed by atoms with Crippen molar-refractivity contribution in [2.24, 2.45) is 0 Å². The van der Waals surface area contributed by atoms with Crippen LogP contribution in [0.5, 0.6) is 0 Å². The molecule has 0 radical (unpaired) electrons. The number of carboxylic acids is 1. The average Bonchev–Trinajstić information content (AvgIpc) is 2.37. The number of aliphatic hydroxyl groups is 1. The summed E-state index contributed by atoms with van der Waals surface area (Å²) in [5.74, 6) is -1.41. The van der Waals surface area contributed by atoms with Gasteiger partial charge in [-0.1, -0.05) is 30.1 Å². The number of aliphatic hydroxyl groups excluding tert-OH is 1. The highest BCUT2D eigenvalue weighted by Crippen LogP contribution is 2.32. The third kappa shape index (κ3) is 3.87.